The van der Waals surface area contributed by atoms with Crippen molar-refractivity contribution in [2.45, 2.75) is 6.10 Å². The number of phenolic OH excluding ortho intramolecular Hbond substituents is 2. The zero-order chi connectivity index (χ0) is 15.9. The highest BCUT2D eigenvalue weighted by atomic mass is 16.5. The van der Waals surface area contributed by atoms with Crippen LogP contribution >= 0.6 is 0 Å². The summed E-state index contributed by atoms with van der Waals surface area (Å²) in [6.07, 6.45) is 0.598. The monoisotopic (exact) mass is 300 g/mol. The van der Waals surface area contributed by atoms with Crippen LogP contribution < -0.4 is 5.43 Å². The van der Waals surface area contributed by atoms with Gasteiger partial charge in [0.25, 0.3) is 5.91 Å². The number of hydrogen-bond acceptors (Lipinski definition) is 5. The number of carbonyl (C=O) groups excluding carboxylic acids is 1. The predicted octanol–water partition coefficient (Wildman–Crippen LogP) is 1.94. The Kier molecular flexibility index (Phi) is 5.11. The Morgan fingerprint density at radius 1 is 1.18 bits per heavy atom. The van der Waals surface area contributed by atoms with Crippen molar-refractivity contribution in [3.8, 4) is 11.5 Å². The number of nitrogens with one attached hydrogen (secondary N) is 1. The van der Waals surface area contributed by atoms with Crippen molar-refractivity contribution in [2.75, 3.05) is 7.11 Å². The molecule has 114 valence electrons. The molecule has 0 aromatic heterocycles. The lowest BCUT2D eigenvalue weighted by atomic mass is 10.1. The van der Waals surface area contributed by atoms with Crippen molar-refractivity contribution >= 4 is 12.1 Å². The largest absolute Gasteiger partial charge is 0.504 e. The van der Waals surface area contributed by atoms with Crippen LogP contribution in [0.25, 0.3) is 0 Å². The first kappa shape index (κ1) is 15.5. The van der Waals surface area contributed by atoms with Gasteiger partial charge in [0.15, 0.2) is 17.6 Å². The fourth-order valence-corrected chi connectivity index (χ4v) is 1.87. The molecule has 0 saturated carbocycles. The summed E-state index contributed by atoms with van der Waals surface area (Å²) in [6, 6.07) is 13.3. The fourth-order valence-electron chi connectivity index (χ4n) is 1.87. The maximum Gasteiger partial charge on any atom is 0.273 e. The van der Waals surface area contributed by atoms with Gasteiger partial charge in [0.1, 0.15) is 0 Å². The van der Waals surface area contributed by atoms with Gasteiger partial charge in [-0.05, 0) is 29.3 Å². The Bertz CT molecular complexity index is 671. The van der Waals surface area contributed by atoms with E-state index in [1.165, 1.54) is 25.5 Å². The number of aromatic hydroxyl groups is 2. The van der Waals surface area contributed by atoms with Crippen LogP contribution in [-0.2, 0) is 9.53 Å². The number of methoxy groups -OCH3 is 1. The molecule has 6 heteroatoms. The van der Waals surface area contributed by atoms with Crippen molar-refractivity contribution in [2.24, 2.45) is 5.10 Å². The molecule has 0 aliphatic heterocycles. The molecule has 0 aliphatic rings. The first-order valence-electron chi connectivity index (χ1n) is 6.54. The molecule has 1 atom stereocenters. The van der Waals surface area contributed by atoms with Crippen LogP contribution in [0.4, 0.5) is 0 Å². The van der Waals surface area contributed by atoms with Crippen LogP contribution in [0, 0.1) is 0 Å². The van der Waals surface area contributed by atoms with Gasteiger partial charge in [-0.2, -0.15) is 5.10 Å². The minimum Gasteiger partial charge on any atom is -0.504 e. The van der Waals surface area contributed by atoms with E-state index in [9.17, 15) is 15.0 Å². The molecule has 0 heterocycles. The smallest absolute Gasteiger partial charge is 0.273 e. The summed E-state index contributed by atoms with van der Waals surface area (Å²) in [5.41, 5.74) is 3.63. The third kappa shape index (κ3) is 3.83. The molecule has 1 unspecified atom stereocenters. The Labute approximate surface area is 127 Å². The van der Waals surface area contributed by atoms with Gasteiger partial charge in [-0.3, -0.25) is 4.79 Å². The molecule has 0 radical (unpaired) electrons. The molecule has 6 nitrogen and oxygen atoms in total. The van der Waals surface area contributed by atoms with Gasteiger partial charge in [-0.25, -0.2) is 5.43 Å². The summed E-state index contributed by atoms with van der Waals surface area (Å²) >= 11 is 0. The third-order valence-corrected chi connectivity index (χ3v) is 2.96. The molecule has 2 rings (SSSR count). The first-order chi connectivity index (χ1) is 10.6. The van der Waals surface area contributed by atoms with Crippen molar-refractivity contribution in [3.05, 3.63) is 59.7 Å². The van der Waals surface area contributed by atoms with Crippen molar-refractivity contribution in [3.63, 3.8) is 0 Å². The van der Waals surface area contributed by atoms with Gasteiger partial charge in [0.2, 0.25) is 0 Å². The van der Waals surface area contributed by atoms with E-state index in [2.05, 4.69) is 10.5 Å². The molecule has 22 heavy (non-hydrogen) atoms. The van der Waals surface area contributed by atoms with E-state index < -0.39 is 12.0 Å². The van der Waals surface area contributed by atoms with Gasteiger partial charge in [0, 0.05) is 7.11 Å². The topological polar surface area (TPSA) is 91.2 Å². The number of nitrogens with zero attached hydrogens (tertiary/aromatic N) is 1. The van der Waals surface area contributed by atoms with Crippen molar-refractivity contribution in [1.29, 1.82) is 0 Å². The Morgan fingerprint density at radius 3 is 2.55 bits per heavy atom. The SMILES string of the molecule is COC(C(=O)N/N=C/c1ccc(O)c(O)c1)c1ccccc1. The number of ether oxygens (including phenoxy) is 1. The maximum atomic E-state index is 12.0. The van der Waals surface area contributed by atoms with Crippen LogP contribution in [0.2, 0.25) is 0 Å². The van der Waals surface area contributed by atoms with E-state index in [4.69, 9.17) is 4.74 Å². The summed E-state index contributed by atoms with van der Waals surface area (Å²) in [4.78, 5) is 12.0. The highest BCUT2D eigenvalue weighted by molar-refractivity contribution is 5.85. The predicted molar refractivity (Wildman–Crippen MR) is 81.7 cm³/mol. The summed E-state index contributed by atoms with van der Waals surface area (Å²) in [5, 5.41) is 22.4. The lowest BCUT2D eigenvalue weighted by Gasteiger charge is -2.13. The molecular weight excluding hydrogens is 284 g/mol. The number of phenols is 2. The van der Waals surface area contributed by atoms with E-state index in [0.29, 0.717) is 5.56 Å². The molecule has 2 aromatic rings. The number of rotatable bonds is 5. The molecule has 0 spiro atoms. The zero-order valence-corrected chi connectivity index (χ0v) is 11.9. The summed E-state index contributed by atoms with van der Waals surface area (Å²) < 4.78 is 5.18. The van der Waals surface area contributed by atoms with Gasteiger partial charge < -0.3 is 14.9 Å². The Hall–Kier alpha value is -2.86. The third-order valence-electron chi connectivity index (χ3n) is 2.96. The molecule has 0 aliphatic carbocycles. The molecular formula is C16H16N2O4. The molecule has 2 aromatic carbocycles. The van der Waals surface area contributed by atoms with E-state index >= 15 is 0 Å². The average Bonchev–Trinajstić information content (AvgIpc) is 2.52. The van der Waals surface area contributed by atoms with Crippen molar-refractivity contribution in [1.82, 2.24) is 5.43 Å². The standard InChI is InChI=1S/C16H16N2O4/c1-22-15(12-5-3-2-4-6-12)16(21)18-17-10-11-7-8-13(19)14(20)9-11/h2-10,15,19-20H,1H3,(H,18,21)/b17-10+. The average molecular weight is 300 g/mol. The van der Waals surface area contributed by atoms with Gasteiger partial charge >= 0.3 is 0 Å². The maximum absolute atomic E-state index is 12.0. The first-order valence-corrected chi connectivity index (χ1v) is 6.54. The molecule has 0 bridgehead atoms. The number of amides is 1. The Balaban J connectivity index is 2.02. The van der Waals surface area contributed by atoms with Crippen LogP contribution in [0.1, 0.15) is 17.2 Å². The zero-order valence-electron chi connectivity index (χ0n) is 11.9. The quantitative estimate of drug-likeness (QED) is 0.447. The molecule has 1 amide bonds. The molecule has 3 N–H and O–H groups in total. The van der Waals surface area contributed by atoms with Gasteiger partial charge in [-0.15, -0.1) is 0 Å². The van der Waals surface area contributed by atoms with E-state index in [0.717, 1.165) is 5.56 Å². The number of benzene rings is 2. The van der Waals surface area contributed by atoms with E-state index in [-0.39, 0.29) is 11.5 Å². The minimum absolute atomic E-state index is 0.218. The number of carbonyl (C=O) groups is 1. The van der Waals surface area contributed by atoms with Crippen LogP contribution in [0.3, 0.4) is 0 Å². The minimum atomic E-state index is -0.758. The van der Waals surface area contributed by atoms with Crippen LogP contribution in [0.5, 0.6) is 11.5 Å². The second-order valence-electron chi connectivity index (χ2n) is 4.51. The Morgan fingerprint density at radius 2 is 1.91 bits per heavy atom. The van der Waals surface area contributed by atoms with E-state index in [1.807, 2.05) is 18.2 Å². The van der Waals surface area contributed by atoms with Gasteiger partial charge in [-0.1, -0.05) is 30.3 Å². The van der Waals surface area contributed by atoms with Crippen LogP contribution in [-0.4, -0.2) is 29.4 Å². The fraction of sp³-hybridized carbons (Fsp3) is 0.125. The van der Waals surface area contributed by atoms with Crippen molar-refractivity contribution < 1.29 is 19.7 Å². The van der Waals surface area contributed by atoms with Gasteiger partial charge in [0.05, 0.1) is 6.21 Å². The molecule has 0 fully saturated rings. The summed E-state index contributed by atoms with van der Waals surface area (Å²) in [7, 11) is 1.44. The van der Waals surface area contributed by atoms with E-state index in [1.54, 1.807) is 18.2 Å². The summed E-state index contributed by atoms with van der Waals surface area (Å²) in [6.45, 7) is 0. The normalized spacial score (nSPS) is 12.2. The number of hydrazone groups is 1. The second-order valence-corrected chi connectivity index (χ2v) is 4.51. The summed E-state index contributed by atoms with van der Waals surface area (Å²) in [5.74, 6) is -0.882. The lowest BCUT2D eigenvalue weighted by Crippen LogP contribution is -2.26. The highest BCUT2D eigenvalue weighted by Crippen LogP contribution is 2.24. The van der Waals surface area contributed by atoms with Crippen LogP contribution in [0.15, 0.2) is 53.6 Å². The second kappa shape index (κ2) is 7.24. The number of hydrogen-bond donors (Lipinski definition) is 3. The molecule has 0 saturated heterocycles. The highest BCUT2D eigenvalue weighted by Gasteiger charge is 2.18. The lowest BCUT2D eigenvalue weighted by molar-refractivity contribution is -0.131.